The number of rotatable bonds is 11. The Balaban J connectivity index is 0.903. The van der Waals surface area contributed by atoms with Crippen molar-refractivity contribution in [3.05, 3.63) is 314 Å². The van der Waals surface area contributed by atoms with Crippen LogP contribution in [0.25, 0.3) is 98.7 Å². The highest BCUT2D eigenvalue weighted by Gasteiger charge is 2.25. The fourth-order valence-electron chi connectivity index (χ4n) is 12.2. The van der Waals surface area contributed by atoms with Crippen LogP contribution in [0.1, 0.15) is 11.1 Å². The lowest BCUT2D eigenvalue weighted by molar-refractivity contribution is 1.26. The summed E-state index contributed by atoms with van der Waals surface area (Å²) in [4.78, 5) is 5.00. The monoisotopic (exact) mass is 1020 g/mol. The van der Waals surface area contributed by atoms with Crippen LogP contribution in [0.3, 0.4) is 0 Å². The van der Waals surface area contributed by atoms with Crippen LogP contribution in [-0.4, -0.2) is 0 Å². The van der Waals surface area contributed by atoms with E-state index in [0.29, 0.717) is 0 Å². The van der Waals surface area contributed by atoms with Crippen molar-refractivity contribution in [2.45, 2.75) is 13.8 Å². The van der Waals surface area contributed by atoms with Gasteiger partial charge in [-0.15, -0.1) is 0 Å². The number of fused-ring (bicyclic) bond motifs is 6. The van der Waals surface area contributed by atoms with Crippen LogP contribution in [0.15, 0.2) is 303 Å². The molecule has 0 aromatic heterocycles. The van der Waals surface area contributed by atoms with E-state index >= 15 is 0 Å². The average Bonchev–Trinajstić information content (AvgIpc) is 3.56. The first-order valence-electron chi connectivity index (χ1n) is 27.7. The largest absolute Gasteiger partial charge is 0.309 e. The first-order valence-corrected chi connectivity index (χ1v) is 27.7. The van der Waals surface area contributed by atoms with Crippen LogP contribution >= 0.6 is 0 Å². The summed E-state index contributed by atoms with van der Waals surface area (Å²) in [5.41, 5.74) is 20.9. The Kier molecular flexibility index (Phi) is 12.4. The summed E-state index contributed by atoms with van der Waals surface area (Å²) < 4.78 is 0. The molecule has 0 heterocycles. The molecule has 2 nitrogen and oxygen atoms in total. The van der Waals surface area contributed by atoms with Gasteiger partial charge in [0.15, 0.2) is 0 Å². The first-order chi connectivity index (χ1) is 39.5. The van der Waals surface area contributed by atoms with Gasteiger partial charge < -0.3 is 9.80 Å². The Morgan fingerprint density at radius 2 is 0.487 bits per heavy atom. The summed E-state index contributed by atoms with van der Waals surface area (Å²) in [6, 6.07) is 111. The smallest absolute Gasteiger partial charge is 0.0546 e. The summed E-state index contributed by atoms with van der Waals surface area (Å²) in [5, 5.41) is 9.76. The molecule has 14 rings (SSSR count). The lowest BCUT2D eigenvalue weighted by Crippen LogP contribution is -2.13. The van der Waals surface area contributed by atoms with Crippen LogP contribution in [0.2, 0.25) is 0 Å². The quantitative estimate of drug-likeness (QED) is 0.119. The third kappa shape index (κ3) is 8.74. The molecule has 0 fully saturated rings. The van der Waals surface area contributed by atoms with E-state index in [0.717, 1.165) is 67.5 Å². The summed E-state index contributed by atoms with van der Waals surface area (Å²) in [7, 11) is 0. The van der Waals surface area contributed by atoms with Gasteiger partial charge in [0.05, 0.1) is 22.7 Å². The van der Waals surface area contributed by atoms with Gasteiger partial charge in [0, 0.05) is 33.3 Å². The summed E-state index contributed by atoms with van der Waals surface area (Å²) in [6.07, 6.45) is 0. The fraction of sp³-hybridized carbons (Fsp3) is 0.0256. The molecule has 0 saturated carbocycles. The molecule has 0 aliphatic rings. The lowest BCUT2D eigenvalue weighted by atomic mass is 9.94. The van der Waals surface area contributed by atoms with E-state index in [4.69, 9.17) is 0 Å². The number of aryl methyl sites for hydroxylation is 2. The van der Waals surface area contributed by atoms with Crippen LogP contribution in [-0.2, 0) is 0 Å². The van der Waals surface area contributed by atoms with Crippen molar-refractivity contribution in [1.82, 2.24) is 0 Å². The molecule has 0 amide bonds. The molecule has 378 valence electrons. The van der Waals surface area contributed by atoms with Crippen molar-refractivity contribution >= 4 is 77.2 Å². The molecule has 0 N–H and O–H groups in total. The van der Waals surface area contributed by atoms with Crippen molar-refractivity contribution in [2.24, 2.45) is 0 Å². The molecule has 0 bridgehead atoms. The zero-order valence-electron chi connectivity index (χ0n) is 44.8. The predicted molar refractivity (Wildman–Crippen MR) is 342 cm³/mol. The Bertz CT molecular complexity index is 4300. The van der Waals surface area contributed by atoms with Crippen LogP contribution < -0.4 is 9.80 Å². The van der Waals surface area contributed by atoms with E-state index in [1.54, 1.807) is 0 Å². The number of nitrogens with zero attached hydrogens (tertiary/aromatic N) is 2. The Morgan fingerprint density at radius 1 is 0.188 bits per heavy atom. The zero-order chi connectivity index (χ0) is 53.5. The number of benzene rings is 14. The van der Waals surface area contributed by atoms with Gasteiger partial charge in [0.2, 0.25) is 0 Å². The molecule has 0 radical (unpaired) electrons. The van der Waals surface area contributed by atoms with Crippen LogP contribution in [0.4, 0.5) is 34.1 Å². The van der Waals surface area contributed by atoms with Gasteiger partial charge in [-0.05, 0) is 150 Å². The second kappa shape index (κ2) is 20.6. The van der Waals surface area contributed by atoms with Crippen LogP contribution in [0.5, 0.6) is 0 Å². The Labute approximate surface area is 468 Å². The molecule has 0 aliphatic heterocycles. The molecule has 0 unspecified atom stereocenters. The molecule has 0 saturated heterocycles. The molecular weight excluding hydrogens is 965 g/mol. The van der Waals surface area contributed by atoms with Crippen molar-refractivity contribution in [1.29, 1.82) is 0 Å². The van der Waals surface area contributed by atoms with Gasteiger partial charge in [-0.3, -0.25) is 0 Å². The van der Waals surface area contributed by atoms with Crippen LogP contribution in [0, 0.1) is 13.8 Å². The van der Waals surface area contributed by atoms with E-state index in [-0.39, 0.29) is 0 Å². The number of anilines is 6. The normalized spacial score (nSPS) is 11.4. The van der Waals surface area contributed by atoms with Crippen molar-refractivity contribution in [3.8, 4) is 55.6 Å². The van der Waals surface area contributed by atoms with Gasteiger partial charge >= 0.3 is 0 Å². The molecule has 14 aromatic carbocycles. The highest BCUT2D eigenvalue weighted by Crippen LogP contribution is 2.49. The van der Waals surface area contributed by atoms with E-state index in [1.165, 1.54) is 76.5 Å². The van der Waals surface area contributed by atoms with E-state index in [2.05, 4.69) is 327 Å². The number of para-hydroxylation sites is 2. The number of hydrogen-bond donors (Lipinski definition) is 0. The van der Waals surface area contributed by atoms with Gasteiger partial charge in [0.1, 0.15) is 0 Å². The van der Waals surface area contributed by atoms with Gasteiger partial charge in [-0.1, -0.05) is 255 Å². The zero-order valence-corrected chi connectivity index (χ0v) is 44.8. The van der Waals surface area contributed by atoms with Crippen molar-refractivity contribution in [2.75, 3.05) is 9.80 Å². The van der Waals surface area contributed by atoms with Gasteiger partial charge in [0.25, 0.3) is 0 Å². The molecule has 0 aliphatic carbocycles. The van der Waals surface area contributed by atoms with E-state index in [1.807, 2.05) is 0 Å². The molecule has 80 heavy (non-hydrogen) atoms. The minimum atomic E-state index is 1.12. The molecule has 14 aromatic rings. The minimum absolute atomic E-state index is 1.12. The van der Waals surface area contributed by atoms with Crippen molar-refractivity contribution < 1.29 is 0 Å². The summed E-state index contributed by atoms with van der Waals surface area (Å²) in [6.45, 7) is 4.53. The van der Waals surface area contributed by atoms with E-state index < -0.39 is 0 Å². The second-order valence-electron chi connectivity index (χ2n) is 20.9. The first kappa shape index (κ1) is 48.1. The molecule has 0 atom stereocenters. The Morgan fingerprint density at radius 3 is 0.887 bits per heavy atom. The van der Waals surface area contributed by atoms with E-state index in [9.17, 15) is 0 Å². The maximum absolute atomic E-state index is 2.50. The summed E-state index contributed by atoms with van der Waals surface area (Å²) in [5.74, 6) is 0. The third-order valence-electron chi connectivity index (χ3n) is 16.1. The molecular formula is C78H56N2. The SMILES string of the molecule is Cc1cc(-c2ccc(N(c3ccccc3-c3ccc(-c4ccccc4)cc3)c3cc4ccccc4c4ccccc34)c(C)c2)ccc1N(c1ccccc1-c1ccc(-c2ccccc2)cc1)c1cc2ccccc2c2ccccc12. The number of hydrogen-bond acceptors (Lipinski definition) is 2. The fourth-order valence-corrected chi connectivity index (χ4v) is 12.2. The Hall–Kier alpha value is -10.3. The maximum atomic E-state index is 2.50. The second-order valence-corrected chi connectivity index (χ2v) is 20.9. The average molecular weight is 1020 g/mol. The standard InChI is InChI=1S/C78H56N2/c1-53-49-61(45-47-73(53)79(77-51-63-25-9-11-27-65(63)69-31-13-15-33-71(69)77)75-35-19-17-29-67(75)59-41-37-57(38-42-59)55-21-5-3-6-22-55)62-46-48-74(54(2)50-62)80(78-52-64-26-10-12-28-66(64)70-32-14-16-34-72(70)78)76-36-20-18-30-68(76)60-43-39-58(40-44-60)56-23-7-4-8-24-56/h3-52H,1-2H3. The van der Waals surface area contributed by atoms with Gasteiger partial charge in [-0.2, -0.15) is 0 Å². The maximum Gasteiger partial charge on any atom is 0.0546 e. The lowest BCUT2D eigenvalue weighted by Gasteiger charge is -2.31. The van der Waals surface area contributed by atoms with Crippen molar-refractivity contribution in [3.63, 3.8) is 0 Å². The summed E-state index contributed by atoms with van der Waals surface area (Å²) >= 11 is 0. The predicted octanol–water partition coefficient (Wildman–Crippen LogP) is 22.2. The topological polar surface area (TPSA) is 6.48 Å². The minimum Gasteiger partial charge on any atom is -0.309 e. The molecule has 2 heteroatoms. The molecule has 0 spiro atoms. The third-order valence-corrected chi connectivity index (χ3v) is 16.1. The highest BCUT2D eigenvalue weighted by molar-refractivity contribution is 6.16. The highest BCUT2D eigenvalue weighted by atomic mass is 15.2. The van der Waals surface area contributed by atoms with Gasteiger partial charge in [-0.25, -0.2) is 0 Å².